The van der Waals surface area contributed by atoms with E-state index in [1.165, 1.54) is 33.3 Å². The standard InChI is InChI=1S/C41H46N2O8/c1-5-6-7-8-9-24-50-34-20-14-31(15-21-34)41(47)51-35-18-10-29(11-19-35)25-37(28(2)44)43-40(46)30-12-16-33(17-13-30)42-39(45)27-32-26-36(48-3)22-23-38(32)49-4/h10-23,26,37H,5-9,24-25,27H2,1-4H3,(H,42,45)(H,43,46)/t37-/m0/s1. The molecular formula is C41H46N2O8. The van der Waals surface area contributed by atoms with Gasteiger partial charge >= 0.3 is 5.97 Å². The molecule has 10 heteroatoms. The Bertz CT molecular complexity index is 1750. The smallest absolute Gasteiger partial charge is 0.343 e. The van der Waals surface area contributed by atoms with Gasteiger partial charge in [0.1, 0.15) is 23.0 Å². The highest BCUT2D eigenvalue weighted by Gasteiger charge is 2.19. The molecule has 4 aromatic carbocycles. The second kappa shape index (κ2) is 19.5. The van der Waals surface area contributed by atoms with Gasteiger partial charge in [0.25, 0.3) is 5.91 Å². The van der Waals surface area contributed by atoms with Crippen LogP contribution >= 0.6 is 0 Å². The molecule has 4 aromatic rings. The van der Waals surface area contributed by atoms with Crippen LogP contribution in [0.15, 0.2) is 91.0 Å². The van der Waals surface area contributed by atoms with E-state index in [-0.39, 0.29) is 24.5 Å². The number of hydrogen-bond acceptors (Lipinski definition) is 8. The van der Waals surface area contributed by atoms with Crippen molar-refractivity contribution in [3.05, 3.63) is 113 Å². The molecule has 2 N–H and O–H groups in total. The molecule has 1 atom stereocenters. The molecule has 0 saturated carbocycles. The highest BCUT2D eigenvalue weighted by atomic mass is 16.5. The fourth-order valence-corrected chi connectivity index (χ4v) is 5.32. The first-order valence-corrected chi connectivity index (χ1v) is 17.1. The normalized spacial score (nSPS) is 11.2. The van der Waals surface area contributed by atoms with E-state index in [0.717, 1.165) is 18.4 Å². The lowest BCUT2D eigenvalue weighted by Gasteiger charge is -2.17. The molecule has 0 aliphatic carbocycles. The summed E-state index contributed by atoms with van der Waals surface area (Å²) in [5.74, 6) is 0.857. The molecule has 51 heavy (non-hydrogen) atoms. The lowest BCUT2D eigenvalue weighted by molar-refractivity contribution is -0.119. The van der Waals surface area contributed by atoms with Crippen LogP contribution in [0.3, 0.4) is 0 Å². The van der Waals surface area contributed by atoms with Gasteiger partial charge in [0, 0.05) is 16.8 Å². The van der Waals surface area contributed by atoms with E-state index in [9.17, 15) is 19.2 Å². The molecule has 0 heterocycles. The monoisotopic (exact) mass is 694 g/mol. The summed E-state index contributed by atoms with van der Waals surface area (Å²) in [6.07, 6.45) is 6.11. The molecule has 0 aliphatic rings. The van der Waals surface area contributed by atoms with Crippen molar-refractivity contribution in [3.63, 3.8) is 0 Å². The lowest BCUT2D eigenvalue weighted by Crippen LogP contribution is -2.41. The highest BCUT2D eigenvalue weighted by Crippen LogP contribution is 2.25. The van der Waals surface area contributed by atoms with Crippen LogP contribution in [-0.4, -0.2) is 50.4 Å². The molecule has 0 spiro atoms. The average Bonchev–Trinajstić information content (AvgIpc) is 3.13. The van der Waals surface area contributed by atoms with Gasteiger partial charge in [0.2, 0.25) is 5.91 Å². The fraction of sp³-hybridized carbons (Fsp3) is 0.317. The Hall–Kier alpha value is -5.64. The van der Waals surface area contributed by atoms with Crippen molar-refractivity contribution in [2.24, 2.45) is 0 Å². The summed E-state index contributed by atoms with van der Waals surface area (Å²) >= 11 is 0. The molecule has 0 fully saturated rings. The van der Waals surface area contributed by atoms with Crippen LogP contribution in [0.5, 0.6) is 23.0 Å². The van der Waals surface area contributed by atoms with Gasteiger partial charge in [-0.05, 0) is 104 Å². The number of carbonyl (C=O) groups is 4. The maximum Gasteiger partial charge on any atom is 0.343 e. The summed E-state index contributed by atoms with van der Waals surface area (Å²) in [5.41, 5.74) is 2.69. The van der Waals surface area contributed by atoms with Crippen LogP contribution in [-0.2, 0) is 22.4 Å². The van der Waals surface area contributed by atoms with Gasteiger partial charge in [-0.1, -0.05) is 44.7 Å². The number of unbranched alkanes of at least 4 members (excludes halogenated alkanes) is 4. The van der Waals surface area contributed by atoms with E-state index < -0.39 is 17.9 Å². The third-order valence-electron chi connectivity index (χ3n) is 8.25. The first-order valence-electron chi connectivity index (χ1n) is 17.1. The molecule has 0 unspecified atom stereocenters. The van der Waals surface area contributed by atoms with Gasteiger partial charge in [-0.3, -0.25) is 14.4 Å². The van der Waals surface area contributed by atoms with Crippen molar-refractivity contribution in [2.45, 2.75) is 64.8 Å². The average molecular weight is 695 g/mol. The summed E-state index contributed by atoms with van der Waals surface area (Å²) in [6.45, 7) is 4.25. The summed E-state index contributed by atoms with van der Waals surface area (Å²) < 4.78 is 21.9. The first kappa shape index (κ1) is 38.2. The van der Waals surface area contributed by atoms with E-state index in [0.29, 0.717) is 52.0 Å². The minimum absolute atomic E-state index is 0.0648. The Labute approximate surface area is 299 Å². The molecule has 0 radical (unpaired) electrons. The Morgan fingerprint density at radius 1 is 0.706 bits per heavy atom. The Morgan fingerprint density at radius 3 is 2.00 bits per heavy atom. The molecule has 2 amide bonds. The topological polar surface area (TPSA) is 129 Å². The second-order valence-electron chi connectivity index (χ2n) is 12.1. The van der Waals surface area contributed by atoms with Crippen LogP contribution in [0.4, 0.5) is 5.69 Å². The minimum atomic E-state index is -0.778. The summed E-state index contributed by atoms with van der Waals surface area (Å²) in [5, 5.41) is 5.62. The van der Waals surface area contributed by atoms with Crippen molar-refractivity contribution in [3.8, 4) is 23.0 Å². The maximum absolute atomic E-state index is 13.0. The van der Waals surface area contributed by atoms with Crippen molar-refractivity contribution < 1.29 is 38.1 Å². The Balaban J connectivity index is 1.26. The number of methoxy groups -OCH3 is 2. The van der Waals surface area contributed by atoms with E-state index in [2.05, 4.69) is 17.6 Å². The number of Topliss-reactive ketones (excluding diaryl/α,β-unsaturated/α-hetero) is 1. The van der Waals surface area contributed by atoms with E-state index in [4.69, 9.17) is 18.9 Å². The van der Waals surface area contributed by atoms with Crippen LogP contribution in [0, 0.1) is 0 Å². The SMILES string of the molecule is CCCCCCCOc1ccc(C(=O)Oc2ccc(C[C@H](NC(=O)c3ccc(NC(=O)Cc4cc(OC)ccc4OC)cc3)C(C)=O)cc2)cc1. The van der Waals surface area contributed by atoms with Crippen molar-refractivity contribution in [1.82, 2.24) is 5.32 Å². The zero-order chi connectivity index (χ0) is 36.6. The molecule has 0 bridgehead atoms. The minimum Gasteiger partial charge on any atom is -0.497 e. The quantitative estimate of drug-likeness (QED) is 0.0591. The van der Waals surface area contributed by atoms with Crippen LogP contribution < -0.4 is 29.6 Å². The maximum atomic E-state index is 13.0. The van der Waals surface area contributed by atoms with E-state index >= 15 is 0 Å². The predicted octanol–water partition coefficient (Wildman–Crippen LogP) is 7.38. The molecule has 268 valence electrons. The van der Waals surface area contributed by atoms with Gasteiger partial charge in [-0.25, -0.2) is 4.79 Å². The summed E-state index contributed by atoms with van der Waals surface area (Å²) in [7, 11) is 3.09. The predicted molar refractivity (Wildman–Crippen MR) is 196 cm³/mol. The van der Waals surface area contributed by atoms with Gasteiger partial charge in [0.05, 0.1) is 38.9 Å². The van der Waals surface area contributed by atoms with Gasteiger partial charge < -0.3 is 29.6 Å². The van der Waals surface area contributed by atoms with Crippen LogP contribution in [0.25, 0.3) is 0 Å². The van der Waals surface area contributed by atoms with Crippen LogP contribution in [0.1, 0.15) is 77.8 Å². The fourth-order valence-electron chi connectivity index (χ4n) is 5.32. The largest absolute Gasteiger partial charge is 0.497 e. The number of esters is 1. The summed E-state index contributed by atoms with van der Waals surface area (Å²) in [4.78, 5) is 50.9. The molecule has 0 aliphatic heterocycles. The molecule has 4 rings (SSSR count). The Morgan fingerprint density at radius 2 is 1.35 bits per heavy atom. The number of carbonyl (C=O) groups excluding carboxylic acids is 4. The first-order chi connectivity index (χ1) is 24.7. The number of amides is 2. The number of anilines is 1. The Kier molecular flexibility index (Phi) is 14.6. The third-order valence-corrected chi connectivity index (χ3v) is 8.25. The summed E-state index contributed by atoms with van der Waals surface area (Å²) in [6, 6.07) is 24.5. The number of benzene rings is 4. The molecule has 0 saturated heterocycles. The second-order valence-corrected chi connectivity index (χ2v) is 12.1. The van der Waals surface area contributed by atoms with Crippen molar-refractivity contribution in [1.29, 1.82) is 0 Å². The number of ether oxygens (including phenoxy) is 4. The number of nitrogens with one attached hydrogen (secondary N) is 2. The number of rotatable bonds is 19. The van der Waals surface area contributed by atoms with Crippen molar-refractivity contribution >= 4 is 29.3 Å². The zero-order valence-electron chi connectivity index (χ0n) is 29.7. The van der Waals surface area contributed by atoms with E-state index in [1.54, 1.807) is 98.1 Å². The third kappa shape index (κ3) is 12.0. The molecular weight excluding hydrogens is 648 g/mol. The van der Waals surface area contributed by atoms with Crippen molar-refractivity contribution in [2.75, 3.05) is 26.1 Å². The lowest BCUT2D eigenvalue weighted by atomic mass is 10.0. The number of hydrogen-bond donors (Lipinski definition) is 2. The highest BCUT2D eigenvalue weighted by molar-refractivity contribution is 5.98. The van der Waals surface area contributed by atoms with E-state index in [1.807, 2.05) is 0 Å². The zero-order valence-corrected chi connectivity index (χ0v) is 29.7. The number of ketones is 1. The van der Waals surface area contributed by atoms with Crippen LogP contribution in [0.2, 0.25) is 0 Å². The van der Waals surface area contributed by atoms with Gasteiger partial charge in [-0.15, -0.1) is 0 Å². The van der Waals surface area contributed by atoms with Gasteiger partial charge in [0.15, 0.2) is 5.78 Å². The molecule has 10 nitrogen and oxygen atoms in total. The molecule has 0 aromatic heterocycles. The van der Waals surface area contributed by atoms with Gasteiger partial charge in [-0.2, -0.15) is 0 Å².